The van der Waals surface area contributed by atoms with E-state index in [1.165, 1.54) is 25.7 Å². The number of aliphatic hydroxyl groups excluding tert-OH is 1. The van der Waals surface area contributed by atoms with Crippen LogP contribution >= 0.6 is 0 Å². The van der Waals surface area contributed by atoms with Crippen molar-refractivity contribution in [2.24, 2.45) is 0 Å². The first-order valence-electron chi connectivity index (χ1n) is 5.19. The van der Waals surface area contributed by atoms with Crippen LogP contribution < -0.4 is 5.32 Å². The fraction of sp³-hybridized carbons (Fsp3) is 1.00. The highest BCUT2D eigenvalue weighted by Crippen LogP contribution is 2.05. The molecule has 74 valence electrons. The third kappa shape index (κ3) is 6.62. The molecule has 0 aromatic heterocycles. The van der Waals surface area contributed by atoms with Crippen molar-refractivity contribution < 1.29 is 5.11 Å². The SMILES string of the molecule is CCCCCC(CCO)NCC. The monoisotopic (exact) mass is 173 g/mol. The van der Waals surface area contributed by atoms with E-state index in [0.29, 0.717) is 12.6 Å². The Labute approximate surface area is 76.4 Å². The maximum absolute atomic E-state index is 8.78. The third-order valence-corrected chi connectivity index (χ3v) is 2.13. The highest BCUT2D eigenvalue weighted by atomic mass is 16.3. The van der Waals surface area contributed by atoms with E-state index in [2.05, 4.69) is 19.2 Å². The maximum atomic E-state index is 8.78. The molecule has 12 heavy (non-hydrogen) atoms. The number of unbranched alkanes of at least 4 members (excludes halogenated alkanes) is 2. The normalized spacial score (nSPS) is 13.2. The molecule has 1 atom stereocenters. The van der Waals surface area contributed by atoms with Crippen LogP contribution in [0.25, 0.3) is 0 Å². The molecule has 0 amide bonds. The number of hydrogen-bond acceptors (Lipinski definition) is 2. The van der Waals surface area contributed by atoms with E-state index in [4.69, 9.17) is 5.11 Å². The molecule has 0 fully saturated rings. The second-order valence-corrected chi connectivity index (χ2v) is 3.26. The van der Waals surface area contributed by atoms with Crippen molar-refractivity contribution in [1.82, 2.24) is 5.32 Å². The molecular formula is C10H23NO. The Morgan fingerprint density at radius 3 is 2.42 bits per heavy atom. The number of rotatable bonds is 8. The molecule has 2 nitrogen and oxygen atoms in total. The summed E-state index contributed by atoms with van der Waals surface area (Å²) in [7, 11) is 0. The lowest BCUT2D eigenvalue weighted by Gasteiger charge is -2.15. The van der Waals surface area contributed by atoms with Gasteiger partial charge in [-0.3, -0.25) is 0 Å². The van der Waals surface area contributed by atoms with Crippen molar-refractivity contribution in [2.75, 3.05) is 13.2 Å². The van der Waals surface area contributed by atoms with E-state index in [-0.39, 0.29) is 0 Å². The summed E-state index contributed by atoms with van der Waals surface area (Å²) in [6, 6.07) is 0.534. The molecule has 2 heteroatoms. The average Bonchev–Trinajstić information content (AvgIpc) is 2.06. The van der Waals surface area contributed by atoms with E-state index < -0.39 is 0 Å². The van der Waals surface area contributed by atoms with Gasteiger partial charge in [-0.15, -0.1) is 0 Å². The van der Waals surface area contributed by atoms with Gasteiger partial charge in [-0.25, -0.2) is 0 Å². The lowest BCUT2D eigenvalue weighted by atomic mass is 10.1. The molecule has 0 aromatic carbocycles. The summed E-state index contributed by atoms with van der Waals surface area (Å²) in [5, 5.41) is 12.2. The van der Waals surface area contributed by atoms with Gasteiger partial charge in [0.25, 0.3) is 0 Å². The second kappa shape index (κ2) is 9.01. The van der Waals surface area contributed by atoms with E-state index in [1.54, 1.807) is 0 Å². The summed E-state index contributed by atoms with van der Waals surface area (Å²) in [6.07, 6.45) is 5.99. The van der Waals surface area contributed by atoms with Gasteiger partial charge in [-0.05, 0) is 19.4 Å². The van der Waals surface area contributed by atoms with Gasteiger partial charge < -0.3 is 10.4 Å². The Kier molecular flexibility index (Phi) is 8.95. The molecule has 0 aliphatic heterocycles. The van der Waals surface area contributed by atoms with Crippen LogP contribution in [0.2, 0.25) is 0 Å². The minimum absolute atomic E-state index is 0.309. The van der Waals surface area contributed by atoms with Crippen LogP contribution in [-0.4, -0.2) is 24.3 Å². The largest absolute Gasteiger partial charge is 0.396 e. The number of nitrogens with one attached hydrogen (secondary N) is 1. The van der Waals surface area contributed by atoms with Crippen LogP contribution in [-0.2, 0) is 0 Å². The molecule has 0 aromatic rings. The van der Waals surface area contributed by atoms with Crippen molar-refractivity contribution in [1.29, 1.82) is 0 Å². The van der Waals surface area contributed by atoms with Gasteiger partial charge >= 0.3 is 0 Å². The predicted octanol–water partition coefficient (Wildman–Crippen LogP) is 1.93. The van der Waals surface area contributed by atoms with Crippen molar-refractivity contribution in [3.8, 4) is 0 Å². The molecule has 1 unspecified atom stereocenters. The number of aliphatic hydroxyl groups is 1. The van der Waals surface area contributed by atoms with Crippen molar-refractivity contribution in [2.45, 2.75) is 52.0 Å². The van der Waals surface area contributed by atoms with E-state index in [9.17, 15) is 0 Å². The van der Waals surface area contributed by atoms with Gasteiger partial charge in [0, 0.05) is 12.6 Å². The van der Waals surface area contributed by atoms with Crippen LogP contribution in [0.4, 0.5) is 0 Å². The minimum atomic E-state index is 0.309. The summed E-state index contributed by atoms with van der Waals surface area (Å²) in [5.41, 5.74) is 0. The zero-order chi connectivity index (χ0) is 9.23. The molecule has 0 aliphatic rings. The summed E-state index contributed by atoms with van der Waals surface area (Å²) in [5.74, 6) is 0. The predicted molar refractivity (Wildman–Crippen MR) is 53.3 cm³/mol. The molecule has 0 radical (unpaired) electrons. The van der Waals surface area contributed by atoms with Crippen LogP contribution in [0.1, 0.15) is 46.0 Å². The molecule has 0 saturated carbocycles. The summed E-state index contributed by atoms with van der Waals surface area (Å²) >= 11 is 0. The first kappa shape index (κ1) is 11.9. The quantitative estimate of drug-likeness (QED) is 0.550. The molecule has 0 bridgehead atoms. The standard InChI is InChI=1S/C10H23NO/c1-3-5-6-7-10(8-9-12)11-4-2/h10-12H,3-9H2,1-2H3. The maximum Gasteiger partial charge on any atom is 0.0445 e. The third-order valence-electron chi connectivity index (χ3n) is 2.13. The first-order valence-corrected chi connectivity index (χ1v) is 5.19. The average molecular weight is 173 g/mol. The van der Waals surface area contributed by atoms with Crippen molar-refractivity contribution in [3.63, 3.8) is 0 Å². The number of hydrogen-bond donors (Lipinski definition) is 2. The fourth-order valence-electron chi connectivity index (χ4n) is 1.43. The molecule has 0 rings (SSSR count). The van der Waals surface area contributed by atoms with Crippen LogP contribution in [0.3, 0.4) is 0 Å². The Morgan fingerprint density at radius 2 is 1.92 bits per heavy atom. The van der Waals surface area contributed by atoms with E-state index >= 15 is 0 Å². The lowest BCUT2D eigenvalue weighted by molar-refractivity contribution is 0.260. The van der Waals surface area contributed by atoms with E-state index in [1.807, 2.05) is 0 Å². The zero-order valence-corrected chi connectivity index (χ0v) is 8.47. The molecule has 0 heterocycles. The summed E-state index contributed by atoms with van der Waals surface area (Å²) in [4.78, 5) is 0. The van der Waals surface area contributed by atoms with Gasteiger partial charge in [0.15, 0.2) is 0 Å². The smallest absolute Gasteiger partial charge is 0.0445 e. The van der Waals surface area contributed by atoms with Gasteiger partial charge in [0.1, 0.15) is 0 Å². The Hall–Kier alpha value is -0.0800. The summed E-state index contributed by atoms with van der Waals surface area (Å²) < 4.78 is 0. The van der Waals surface area contributed by atoms with Gasteiger partial charge in [-0.2, -0.15) is 0 Å². The van der Waals surface area contributed by atoms with Crippen molar-refractivity contribution in [3.05, 3.63) is 0 Å². The highest BCUT2D eigenvalue weighted by Gasteiger charge is 2.04. The molecule has 2 N–H and O–H groups in total. The van der Waals surface area contributed by atoms with Crippen LogP contribution in [0, 0.1) is 0 Å². The van der Waals surface area contributed by atoms with Gasteiger partial charge in [0.05, 0.1) is 0 Å². The van der Waals surface area contributed by atoms with Crippen LogP contribution in [0.5, 0.6) is 0 Å². The second-order valence-electron chi connectivity index (χ2n) is 3.26. The van der Waals surface area contributed by atoms with Crippen LogP contribution in [0.15, 0.2) is 0 Å². The van der Waals surface area contributed by atoms with Gasteiger partial charge in [-0.1, -0.05) is 33.1 Å². The Balaban J connectivity index is 3.34. The molecule has 0 saturated heterocycles. The zero-order valence-electron chi connectivity index (χ0n) is 8.47. The lowest BCUT2D eigenvalue weighted by Crippen LogP contribution is -2.29. The molecular weight excluding hydrogens is 150 g/mol. The fourth-order valence-corrected chi connectivity index (χ4v) is 1.43. The first-order chi connectivity index (χ1) is 5.85. The topological polar surface area (TPSA) is 32.3 Å². The molecule has 0 aliphatic carbocycles. The Morgan fingerprint density at radius 1 is 1.17 bits per heavy atom. The van der Waals surface area contributed by atoms with E-state index in [0.717, 1.165) is 13.0 Å². The minimum Gasteiger partial charge on any atom is -0.396 e. The van der Waals surface area contributed by atoms with Crippen molar-refractivity contribution >= 4 is 0 Å². The summed E-state index contributed by atoms with van der Waals surface area (Å²) in [6.45, 7) is 5.65. The highest BCUT2D eigenvalue weighted by molar-refractivity contribution is 4.65. The Bertz CT molecular complexity index is 79.9. The molecule has 0 spiro atoms. The van der Waals surface area contributed by atoms with Gasteiger partial charge in [0.2, 0.25) is 0 Å².